The van der Waals surface area contributed by atoms with Gasteiger partial charge < -0.3 is 4.74 Å². The average molecular weight is 274 g/mol. The molecule has 0 amide bonds. The summed E-state index contributed by atoms with van der Waals surface area (Å²) >= 11 is 0. The van der Waals surface area contributed by atoms with Crippen LogP contribution in [-0.2, 0) is 9.53 Å². The Morgan fingerprint density at radius 1 is 1.15 bits per heavy atom. The van der Waals surface area contributed by atoms with Gasteiger partial charge in [-0.1, -0.05) is 17.7 Å². The van der Waals surface area contributed by atoms with Gasteiger partial charge in [-0.15, -0.1) is 0 Å². The fraction of sp³-hybridized carbons (Fsp3) is 0.722. The van der Waals surface area contributed by atoms with Gasteiger partial charge in [0.25, 0.3) is 0 Å². The van der Waals surface area contributed by atoms with E-state index >= 15 is 0 Å². The van der Waals surface area contributed by atoms with Crippen LogP contribution in [0.15, 0.2) is 23.8 Å². The van der Waals surface area contributed by atoms with Crippen molar-refractivity contribution in [1.82, 2.24) is 0 Å². The monoisotopic (exact) mass is 274 g/mol. The highest BCUT2D eigenvalue weighted by atomic mass is 16.5. The molecule has 0 N–H and O–H groups in total. The third-order valence-corrected chi connectivity index (χ3v) is 5.74. The lowest BCUT2D eigenvalue weighted by atomic mass is 9.48. The second-order valence-electron chi connectivity index (χ2n) is 7.16. The summed E-state index contributed by atoms with van der Waals surface area (Å²) in [6, 6.07) is 0. The second-order valence-corrected chi connectivity index (χ2v) is 7.16. The van der Waals surface area contributed by atoms with Gasteiger partial charge in [0.15, 0.2) is 0 Å². The first kappa shape index (κ1) is 13.9. The standard InChI is InChI=1S/C18H26O2/c1-3-20-17(19)6-4-5-13(2)18-10-14-7-15(11-18)9-16(8-14)12-18/h4-6,14-16H,3,7-12H2,1-2H3/b6-4-,13-5-. The number of allylic oxidation sites excluding steroid dienone is 3. The molecule has 0 aromatic carbocycles. The maximum absolute atomic E-state index is 11.3. The predicted octanol–water partition coefficient (Wildman–Crippen LogP) is 4.27. The van der Waals surface area contributed by atoms with Crippen molar-refractivity contribution in [1.29, 1.82) is 0 Å². The molecule has 4 rings (SSSR count). The van der Waals surface area contributed by atoms with Crippen LogP contribution in [0.2, 0.25) is 0 Å². The summed E-state index contributed by atoms with van der Waals surface area (Å²) in [5.74, 6) is 2.68. The highest BCUT2D eigenvalue weighted by Crippen LogP contribution is 2.62. The number of carbonyl (C=O) groups excluding carboxylic acids is 1. The molecule has 4 saturated carbocycles. The van der Waals surface area contributed by atoms with Gasteiger partial charge in [0.1, 0.15) is 0 Å². The molecule has 110 valence electrons. The van der Waals surface area contributed by atoms with Crippen LogP contribution >= 0.6 is 0 Å². The zero-order valence-electron chi connectivity index (χ0n) is 12.7. The van der Waals surface area contributed by atoms with Crippen molar-refractivity contribution in [2.45, 2.75) is 52.4 Å². The summed E-state index contributed by atoms with van der Waals surface area (Å²) in [4.78, 5) is 11.3. The quantitative estimate of drug-likeness (QED) is 0.435. The van der Waals surface area contributed by atoms with Crippen LogP contribution in [0.5, 0.6) is 0 Å². The van der Waals surface area contributed by atoms with E-state index in [1.807, 2.05) is 13.0 Å². The fourth-order valence-corrected chi connectivity index (χ4v) is 5.23. The Bertz CT molecular complexity index is 409. The van der Waals surface area contributed by atoms with Crippen molar-refractivity contribution >= 4 is 5.97 Å². The number of hydrogen-bond acceptors (Lipinski definition) is 2. The van der Waals surface area contributed by atoms with Crippen molar-refractivity contribution in [3.8, 4) is 0 Å². The molecule has 0 saturated heterocycles. The van der Waals surface area contributed by atoms with Crippen molar-refractivity contribution in [3.63, 3.8) is 0 Å². The minimum Gasteiger partial charge on any atom is -0.463 e. The Morgan fingerprint density at radius 2 is 1.70 bits per heavy atom. The molecule has 0 radical (unpaired) electrons. The largest absolute Gasteiger partial charge is 0.463 e. The highest BCUT2D eigenvalue weighted by molar-refractivity contribution is 5.82. The molecule has 0 aromatic heterocycles. The lowest BCUT2D eigenvalue weighted by molar-refractivity contribution is -0.137. The van der Waals surface area contributed by atoms with Crippen LogP contribution in [0.4, 0.5) is 0 Å². The lowest BCUT2D eigenvalue weighted by Gasteiger charge is -2.57. The zero-order chi connectivity index (χ0) is 14.2. The summed E-state index contributed by atoms with van der Waals surface area (Å²) < 4.78 is 4.92. The van der Waals surface area contributed by atoms with Crippen LogP contribution in [0, 0.1) is 23.2 Å². The third-order valence-electron chi connectivity index (χ3n) is 5.74. The van der Waals surface area contributed by atoms with Crippen LogP contribution in [0.3, 0.4) is 0 Å². The minimum absolute atomic E-state index is 0.234. The van der Waals surface area contributed by atoms with E-state index < -0.39 is 0 Å². The van der Waals surface area contributed by atoms with E-state index in [1.165, 1.54) is 44.1 Å². The Labute approximate surface area is 122 Å². The highest BCUT2D eigenvalue weighted by Gasteiger charge is 2.51. The van der Waals surface area contributed by atoms with Crippen LogP contribution in [-0.4, -0.2) is 12.6 Å². The molecule has 4 aliphatic carbocycles. The molecule has 4 aliphatic rings. The Hall–Kier alpha value is -1.05. The van der Waals surface area contributed by atoms with E-state index in [0.717, 1.165) is 17.8 Å². The molecule has 20 heavy (non-hydrogen) atoms. The molecule has 0 aliphatic heterocycles. The van der Waals surface area contributed by atoms with E-state index in [9.17, 15) is 4.79 Å². The van der Waals surface area contributed by atoms with Gasteiger partial charge in [0, 0.05) is 6.08 Å². The molecule has 0 atom stereocenters. The van der Waals surface area contributed by atoms with E-state index in [1.54, 1.807) is 6.08 Å². The Kier molecular flexibility index (Phi) is 3.74. The van der Waals surface area contributed by atoms with Crippen molar-refractivity contribution in [2.75, 3.05) is 6.61 Å². The molecule has 0 aromatic rings. The summed E-state index contributed by atoms with van der Waals surface area (Å²) in [5, 5.41) is 0. The summed E-state index contributed by atoms with van der Waals surface area (Å²) in [5.41, 5.74) is 1.94. The van der Waals surface area contributed by atoms with Gasteiger partial charge in [-0.25, -0.2) is 4.79 Å². The number of hydrogen-bond donors (Lipinski definition) is 0. The van der Waals surface area contributed by atoms with E-state index in [4.69, 9.17) is 4.74 Å². The number of ether oxygens (including phenoxy) is 1. The van der Waals surface area contributed by atoms with Crippen LogP contribution in [0.1, 0.15) is 52.4 Å². The van der Waals surface area contributed by atoms with Crippen LogP contribution < -0.4 is 0 Å². The second kappa shape index (κ2) is 5.38. The molecule has 0 heterocycles. The van der Waals surface area contributed by atoms with E-state index in [-0.39, 0.29) is 5.97 Å². The van der Waals surface area contributed by atoms with Gasteiger partial charge in [-0.2, -0.15) is 0 Å². The number of esters is 1. The van der Waals surface area contributed by atoms with Gasteiger partial charge >= 0.3 is 5.97 Å². The minimum atomic E-state index is -0.234. The maximum Gasteiger partial charge on any atom is 0.330 e. The molecular weight excluding hydrogens is 248 g/mol. The molecule has 0 unspecified atom stereocenters. The van der Waals surface area contributed by atoms with Gasteiger partial charge in [-0.3, -0.25) is 0 Å². The van der Waals surface area contributed by atoms with Crippen molar-refractivity contribution in [2.24, 2.45) is 23.2 Å². The first-order valence-corrected chi connectivity index (χ1v) is 8.13. The molecule has 2 nitrogen and oxygen atoms in total. The summed E-state index contributed by atoms with van der Waals surface area (Å²) in [6.45, 7) is 4.55. The summed E-state index contributed by atoms with van der Waals surface area (Å²) in [6.07, 6.45) is 14.2. The first-order chi connectivity index (χ1) is 9.61. The molecule has 2 heteroatoms. The Balaban J connectivity index is 1.70. The van der Waals surface area contributed by atoms with Gasteiger partial charge in [0.2, 0.25) is 0 Å². The number of rotatable bonds is 4. The van der Waals surface area contributed by atoms with Gasteiger partial charge in [-0.05, 0) is 75.5 Å². The molecule has 4 fully saturated rings. The van der Waals surface area contributed by atoms with Gasteiger partial charge in [0.05, 0.1) is 6.61 Å². The fourth-order valence-electron chi connectivity index (χ4n) is 5.23. The van der Waals surface area contributed by atoms with E-state index in [0.29, 0.717) is 12.0 Å². The predicted molar refractivity (Wildman–Crippen MR) is 80.1 cm³/mol. The maximum atomic E-state index is 11.3. The zero-order valence-corrected chi connectivity index (χ0v) is 12.7. The van der Waals surface area contributed by atoms with Crippen molar-refractivity contribution < 1.29 is 9.53 Å². The topological polar surface area (TPSA) is 26.3 Å². The number of carbonyl (C=O) groups is 1. The summed E-state index contributed by atoms with van der Waals surface area (Å²) in [7, 11) is 0. The van der Waals surface area contributed by atoms with E-state index in [2.05, 4.69) is 13.0 Å². The SMILES string of the molecule is CCOC(=O)/C=C\C=C(\C)C12CC3CC(CC(C3)C1)C2. The smallest absolute Gasteiger partial charge is 0.330 e. The molecular formula is C18H26O2. The Morgan fingerprint density at radius 3 is 2.20 bits per heavy atom. The normalized spacial score (nSPS) is 39.5. The van der Waals surface area contributed by atoms with Crippen LogP contribution in [0.25, 0.3) is 0 Å². The third kappa shape index (κ3) is 2.57. The first-order valence-electron chi connectivity index (χ1n) is 8.13. The average Bonchev–Trinajstić information content (AvgIpc) is 2.37. The lowest BCUT2D eigenvalue weighted by Crippen LogP contribution is -2.46. The molecule has 0 spiro atoms. The van der Waals surface area contributed by atoms with Crippen molar-refractivity contribution in [3.05, 3.63) is 23.8 Å². The molecule has 4 bridgehead atoms.